The van der Waals surface area contributed by atoms with Gasteiger partial charge in [0.1, 0.15) is 23.5 Å². The Labute approximate surface area is 187 Å². The second-order valence-electron chi connectivity index (χ2n) is 8.79. The lowest BCUT2D eigenvalue weighted by Crippen LogP contribution is -2.44. The lowest BCUT2D eigenvalue weighted by Gasteiger charge is -2.27. The SMILES string of the molecule is C=Cc1ccc(OC)c2c1CN(C(=O)O[C@@H]1C[C@@H](C(=O)OC)N(C(=O)OC(C)(C)C)C1)C2. The zero-order chi connectivity index (χ0) is 23.6. The van der Waals surface area contributed by atoms with Crippen molar-refractivity contribution >= 4 is 24.2 Å². The van der Waals surface area contributed by atoms with Gasteiger partial charge in [-0.1, -0.05) is 18.7 Å². The third-order valence-corrected chi connectivity index (χ3v) is 5.45. The molecule has 2 atom stereocenters. The lowest BCUT2D eigenvalue weighted by atomic mass is 10.0. The third kappa shape index (κ3) is 4.81. The molecule has 0 radical (unpaired) electrons. The molecular formula is C23H30N2O7. The molecule has 2 amide bonds. The molecule has 2 aliphatic rings. The summed E-state index contributed by atoms with van der Waals surface area (Å²) in [5, 5.41) is 0. The van der Waals surface area contributed by atoms with Gasteiger partial charge in [0.25, 0.3) is 0 Å². The molecule has 2 heterocycles. The van der Waals surface area contributed by atoms with Crippen molar-refractivity contribution < 1.29 is 33.3 Å². The number of methoxy groups -OCH3 is 2. The van der Waals surface area contributed by atoms with Crippen molar-refractivity contribution in [2.75, 3.05) is 20.8 Å². The minimum atomic E-state index is -0.879. The van der Waals surface area contributed by atoms with Gasteiger partial charge in [-0.25, -0.2) is 14.4 Å². The number of esters is 1. The highest BCUT2D eigenvalue weighted by atomic mass is 16.6. The second-order valence-corrected chi connectivity index (χ2v) is 8.79. The molecule has 0 aliphatic carbocycles. The van der Waals surface area contributed by atoms with E-state index in [9.17, 15) is 14.4 Å². The van der Waals surface area contributed by atoms with Crippen molar-refractivity contribution in [1.82, 2.24) is 9.80 Å². The summed E-state index contributed by atoms with van der Waals surface area (Å²) in [6, 6.07) is 2.87. The minimum Gasteiger partial charge on any atom is -0.496 e. The summed E-state index contributed by atoms with van der Waals surface area (Å²) in [4.78, 5) is 40.5. The van der Waals surface area contributed by atoms with Crippen molar-refractivity contribution in [3.05, 3.63) is 35.4 Å². The summed E-state index contributed by atoms with van der Waals surface area (Å²) >= 11 is 0. The van der Waals surface area contributed by atoms with Crippen molar-refractivity contribution in [1.29, 1.82) is 0 Å². The average molecular weight is 447 g/mol. The summed E-state index contributed by atoms with van der Waals surface area (Å²) in [5.74, 6) is 0.118. The molecule has 3 rings (SSSR count). The van der Waals surface area contributed by atoms with E-state index in [1.807, 2.05) is 12.1 Å². The number of carbonyl (C=O) groups is 3. The van der Waals surface area contributed by atoms with E-state index in [1.54, 1.807) is 38.9 Å². The van der Waals surface area contributed by atoms with Gasteiger partial charge in [-0.05, 0) is 38.0 Å². The molecule has 1 saturated heterocycles. The van der Waals surface area contributed by atoms with Crippen LogP contribution >= 0.6 is 0 Å². The van der Waals surface area contributed by atoms with Crippen LogP contribution in [0.15, 0.2) is 18.7 Å². The van der Waals surface area contributed by atoms with Crippen molar-refractivity contribution in [3.8, 4) is 5.75 Å². The van der Waals surface area contributed by atoms with Gasteiger partial charge in [0.2, 0.25) is 0 Å². The third-order valence-electron chi connectivity index (χ3n) is 5.45. The number of hydrogen-bond donors (Lipinski definition) is 0. The monoisotopic (exact) mass is 446 g/mol. The Bertz CT molecular complexity index is 922. The molecule has 0 N–H and O–H groups in total. The first-order valence-electron chi connectivity index (χ1n) is 10.4. The molecule has 0 aromatic heterocycles. The topological polar surface area (TPSA) is 94.6 Å². The molecule has 0 spiro atoms. The predicted octanol–water partition coefficient (Wildman–Crippen LogP) is 3.34. The maximum atomic E-state index is 12.9. The van der Waals surface area contributed by atoms with E-state index >= 15 is 0 Å². The van der Waals surface area contributed by atoms with Crippen LogP contribution in [0.5, 0.6) is 5.75 Å². The first kappa shape index (κ1) is 23.4. The number of likely N-dealkylation sites (tertiary alicyclic amines) is 1. The molecule has 0 saturated carbocycles. The van der Waals surface area contributed by atoms with Gasteiger partial charge in [-0.15, -0.1) is 0 Å². The zero-order valence-corrected chi connectivity index (χ0v) is 19.2. The van der Waals surface area contributed by atoms with E-state index in [-0.39, 0.29) is 13.0 Å². The highest BCUT2D eigenvalue weighted by molar-refractivity contribution is 5.82. The highest BCUT2D eigenvalue weighted by Gasteiger charge is 2.44. The number of nitrogens with zero attached hydrogens (tertiary/aromatic N) is 2. The lowest BCUT2D eigenvalue weighted by molar-refractivity contribution is -0.145. The standard InChI is InChI=1S/C23H30N2O7/c1-7-14-8-9-19(29-5)17-13-24(12-16(14)17)21(27)31-15-10-18(20(26)30-6)25(11-15)22(28)32-23(2,3)4/h7-9,15,18H,1,10-13H2,2-6H3/t15-,18+/m1/s1. The van der Waals surface area contributed by atoms with Crippen LogP contribution in [-0.4, -0.2) is 66.5 Å². The van der Waals surface area contributed by atoms with Crippen LogP contribution in [0.4, 0.5) is 9.59 Å². The Morgan fingerprint density at radius 1 is 1.09 bits per heavy atom. The number of rotatable bonds is 4. The molecule has 32 heavy (non-hydrogen) atoms. The molecule has 2 aliphatic heterocycles. The van der Waals surface area contributed by atoms with Gasteiger partial charge in [0, 0.05) is 12.0 Å². The van der Waals surface area contributed by atoms with Crippen LogP contribution < -0.4 is 4.74 Å². The van der Waals surface area contributed by atoms with E-state index in [0.717, 1.165) is 16.7 Å². The van der Waals surface area contributed by atoms with Crippen molar-refractivity contribution in [2.24, 2.45) is 0 Å². The summed E-state index contributed by atoms with van der Waals surface area (Å²) in [7, 11) is 2.84. The smallest absolute Gasteiger partial charge is 0.411 e. The van der Waals surface area contributed by atoms with E-state index in [4.69, 9.17) is 18.9 Å². The predicted molar refractivity (Wildman–Crippen MR) is 116 cm³/mol. The van der Waals surface area contributed by atoms with Gasteiger partial charge in [0.05, 0.1) is 33.9 Å². The van der Waals surface area contributed by atoms with Crippen molar-refractivity contribution in [3.63, 3.8) is 0 Å². The second kappa shape index (κ2) is 9.10. The van der Waals surface area contributed by atoms with Crippen LogP contribution in [0.1, 0.15) is 43.9 Å². The maximum absolute atomic E-state index is 12.9. The molecule has 0 bridgehead atoms. The number of ether oxygens (including phenoxy) is 4. The van der Waals surface area contributed by atoms with Crippen LogP contribution in [0.3, 0.4) is 0 Å². The normalized spacial score (nSPS) is 19.9. The largest absolute Gasteiger partial charge is 0.496 e. The molecular weight excluding hydrogens is 416 g/mol. The molecule has 174 valence electrons. The summed E-state index contributed by atoms with van der Waals surface area (Å²) < 4.78 is 21.3. The fraction of sp³-hybridized carbons (Fsp3) is 0.522. The van der Waals surface area contributed by atoms with Crippen molar-refractivity contribution in [2.45, 2.75) is 58.0 Å². The van der Waals surface area contributed by atoms with Gasteiger partial charge in [0.15, 0.2) is 0 Å². The number of amides is 2. The average Bonchev–Trinajstić information content (AvgIpc) is 3.36. The van der Waals surface area contributed by atoms with E-state index < -0.39 is 35.9 Å². The Balaban J connectivity index is 1.70. The summed E-state index contributed by atoms with van der Waals surface area (Å²) in [6.07, 6.45) is 0.0329. The Morgan fingerprint density at radius 2 is 1.78 bits per heavy atom. The maximum Gasteiger partial charge on any atom is 0.411 e. The van der Waals surface area contributed by atoms with Crippen LogP contribution in [0.25, 0.3) is 6.08 Å². The molecule has 9 nitrogen and oxygen atoms in total. The Hall–Kier alpha value is -3.23. The Morgan fingerprint density at radius 3 is 2.38 bits per heavy atom. The summed E-state index contributed by atoms with van der Waals surface area (Å²) in [6.45, 7) is 9.78. The molecule has 1 aromatic carbocycles. The zero-order valence-electron chi connectivity index (χ0n) is 19.2. The number of benzene rings is 1. The molecule has 1 fully saturated rings. The van der Waals surface area contributed by atoms with Gasteiger partial charge >= 0.3 is 18.2 Å². The van der Waals surface area contributed by atoms with Crippen LogP contribution in [-0.2, 0) is 32.1 Å². The number of hydrogen-bond acceptors (Lipinski definition) is 7. The van der Waals surface area contributed by atoms with Gasteiger partial charge in [-0.2, -0.15) is 0 Å². The van der Waals surface area contributed by atoms with E-state index in [0.29, 0.717) is 18.8 Å². The fourth-order valence-corrected chi connectivity index (χ4v) is 3.98. The highest BCUT2D eigenvalue weighted by Crippen LogP contribution is 2.35. The molecule has 1 aromatic rings. The first-order valence-corrected chi connectivity index (χ1v) is 10.4. The molecule has 9 heteroatoms. The molecule has 0 unspecified atom stereocenters. The minimum absolute atomic E-state index is 0.0441. The Kier molecular flexibility index (Phi) is 6.66. The quantitative estimate of drug-likeness (QED) is 0.517. The van der Waals surface area contributed by atoms with E-state index in [2.05, 4.69) is 6.58 Å². The van der Waals surface area contributed by atoms with Gasteiger partial charge in [-0.3, -0.25) is 9.80 Å². The number of fused-ring (bicyclic) bond motifs is 1. The van der Waals surface area contributed by atoms with Crippen LogP contribution in [0.2, 0.25) is 0 Å². The van der Waals surface area contributed by atoms with E-state index in [1.165, 1.54) is 12.0 Å². The first-order chi connectivity index (χ1) is 15.1. The van der Waals surface area contributed by atoms with Crippen LogP contribution in [0, 0.1) is 0 Å². The van der Waals surface area contributed by atoms with Gasteiger partial charge < -0.3 is 18.9 Å². The fourth-order valence-electron chi connectivity index (χ4n) is 3.98. The number of carbonyl (C=O) groups excluding carboxylic acids is 3. The summed E-state index contributed by atoms with van der Waals surface area (Å²) in [5.41, 5.74) is 2.08.